The van der Waals surface area contributed by atoms with Crippen LogP contribution in [0.1, 0.15) is 193 Å². The fourth-order valence-corrected chi connectivity index (χ4v) is 5.21. The van der Waals surface area contributed by atoms with Crippen LogP contribution in [-0.2, 0) is 4.79 Å². The molecular formula is C34H66O3. The van der Waals surface area contributed by atoms with Crippen molar-refractivity contribution >= 4 is 5.97 Å². The maximum Gasteiger partial charge on any atom is 0.303 e. The zero-order valence-corrected chi connectivity index (χ0v) is 24.9. The summed E-state index contributed by atoms with van der Waals surface area (Å²) in [6.07, 6.45) is 43.6. The summed E-state index contributed by atoms with van der Waals surface area (Å²) in [6, 6.07) is 0. The largest absolute Gasteiger partial charge is 0.481 e. The van der Waals surface area contributed by atoms with Gasteiger partial charge in [-0.1, -0.05) is 160 Å². The number of aliphatic hydroxyl groups excluding tert-OH is 1. The Morgan fingerprint density at radius 3 is 0.892 bits per heavy atom. The van der Waals surface area contributed by atoms with Crippen LogP contribution < -0.4 is 0 Å². The number of rotatable bonds is 32. The molecule has 3 nitrogen and oxygen atoms in total. The lowest BCUT2D eigenvalue weighted by Crippen LogP contribution is -1.93. The molecule has 0 unspecified atom stereocenters. The van der Waals surface area contributed by atoms with Gasteiger partial charge in [-0.25, -0.2) is 0 Å². The van der Waals surface area contributed by atoms with E-state index in [-0.39, 0.29) is 0 Å². The van der Waals surface area contributed by atoms with Gasteiger partial charge in [-0.15, -0.1) is 0 Å². The van der Waals surface area contributed by atoms with Gasteiger partial charge in [0.15, 0.2) is 0 Å². The van der Waals surface area contributed by atoms with Gasteiger partial charge >= 0.3 is 5.97 Å². The standard InChI is InChI=1S/C34H66O3/c35-33-31-29-27-25-23-21-19-17-15-13-11-9-7-5-3-1-2-4-6-8-10-12-14-16-18-20-22-24-26-28-30-32-34(36)37/h15,17,35H,1-14,16,18-33H2,(H,36,37). The van der Waals surface area contributed by atoms with E-state index < -0.39 is 5.97 Å². The topological polar surface area (TPSA) is 57.5 Å². The Balaban J connectivity index is 3.07. The van der Waals surface area contributed by atoms with E-state index in [2.05, 4.69) is 12.2 Å². The molecule has 0 aromatic carbocycles. The molecule has 0 rings (SSSR count). The molecule has 0 spiro atoms. The molecule has 0 fully saturated rings. The number of carbonyl (C=O) groups is 1. The third kappa shape index (κ3) is 35.2. The highest BCUT2D eigenvalue weighted by molar-refractivity contribution is 5.66. The number of allylic oxidation sites excluding steroid dienone is 2. The molecule has 0 aromatic heterocycles. The van der Waals surface area contributed by atoms with Gasteiger partial charge < -0.3 is 10.2 Å². The minimum atomic E-state index is -0.652. The lowest BCUT2D eigenvalue weighted by Gasteiger charge is -2.04. The van der Waals surface area contributed by atoms with E-state index >= 15 is 0 Å². The van der Waals surface area contributed by atoms with Gasteiger partial charge in [-0.3, -0.25) is 4.79 Å². The maximum atomic E-state index is 10.5. The van der Waals surface area contributed by atoms with E-state index in [1.807, 2.05) is 0 Å². The summed E-state index contributed by atoms with van der Waals surface area (Å²) in [5.74, 6) is -0.652. The van der Waals surface area contributed by atoms with Crippen molar-refractivity contribution in [2.45, 2.75) is 193 Å². The SMILES string of the molecule is O=C(O)CCCCCCCCCCCCCCCCCCCCCCCC=CCCCCCCCCO. The second-order valence-electron chi connectivity index (χ2n) is 11.5. The molecular weight excluding hydrogens is 456 g/mol. The van der Waals surface area contributed by atoms with Crippen LogP contribution in [-0.4, -0.2) is 22.8 Å². The first-order valence-corrected chi connectivity index (χ1v) is 16.7. The smallest absolute Gasteiger partial charge is 0.303 e. The normalized spacial score (nSPS) is 11.6. The first kappa shape index (κ1) is 36.2. The lowest BCUT2D eigenvalue weighted by atomic mass is 10.0. The van der Waals surface area contributed by atoms with Gasteiger partial charge in [0, 0.05) is 13.0 Å². The second-order valence-corrected chi connectivity index (χ2v) is 11.5. The van der Waals surface area contributed by atoms with Crippen molar-refractivity contribution < 1.29 is 15.0 Å². The predicted octanol–water partition coefficient (Wildman–Crippen LogP) is 11.3. The third-order valence-electron chi connectivity index (χ3n) is 7.71. The monoisotopic (exact) mass is 523 g/mol. The number of carboxylic acid groups (broad SMARTS) is 1. The van der Waals surface area contributed by atoms with Crippen LogP contribution in [0.5, 0.6) is 0 Å². The highest BCUT2D eigenvalue weighted by Gasteiger charge is 1.98. The molecule has 0 aliphatic carbocycles. The van der Waals surface area contributed by atoms with Gasteiger partial charge in [0.2, 0.25) is 0 Å². The fourth-order valence-electron chi connectivity index (χ4n) is 5.21. The van der Waals surface area contributed by atoms with Crippen molar-refractivity contribution in [2.75, 3.05) is 6.61 Å². The van der Waals surface area contributed by atoms with Crippen LogP contribution in [0.2, 0.25) is 0 Å². The van der Waals surface area contributed by atoms with Gasteiger partial charge in [-0.2, -0.15) is 0 Å². The molecule has 0 radical (unpaired) electrons. The Morgan fingerprint density at radius 1 is 0.378 bits per heavy atom. The van der Waals surface area contributed by atoms with Crippen molar-refractivity contribution in [1.82, 2.24) is 0 Å². The Hall–Kier alpha value is -0.830. The molecule has 0 bridgehead atoms. The number of carboxylic acids is 1. The summed E-state index contributed by atoms with van der Waals surface area (Å²) in [4.78, 5) is 10.5. The summed E-state index contributed by atoms with van der Waals surface area (Å²) in [5.41, 5.74) is 0. The van der Waals surface area contributed by atoms with E-state index in [0.29, 0.717) is 13.0 Å². The van der Waals surface area contributed by atoms with Crippen LogP contribution in [0.3, 0.4) is 0 Å². The highest BCUT2D eigenvalue weighted by atomic mass is 16.4. The van der Waals surface area contributed by atoms with E-state index in [4.69, 9.17) is 10.2 Å². The summed E-state index contributed by atoms with van der Waals surface area (Å²) >= 11 is 0. The molecule has 0 saturated heterocycles. The summed E-state index contributed by atoms with van der Waals surface area (Å²) in [6.45, 7) is 0.356. The predicted molar refractivity (Wildman–Crippen MR) is 162 cm³/mol. The molecule has 0 amide bonds. The highest BCUT2D eigenvalue weighted by Crippen LogP contribution is 2.15. The van der Waals surface area contributed by atoms with E-state index in [1.54, 1.807) is 0 Å². The zero-order chi connectivity index (χ0) is 26.9. The van der Waals surface area contributed by atoms with E-state index in [0.717, 1.165) is 19.3 Å². The van der Waals surface area contributed by atoms with Crippen molar-refractivity contribution in [2.24, 2.45) is 0 Å². The van der Waals surface area contributed by atoms with Crippen LogP contribution in [0.25, 0.3) is 0 Å². The molecule has 37 heavy (non-hydrogen) atoms. The van der Waals surface area contributed by atoms with E-state index in [9.17, 15) is 4.79 Å². The van der Waals surface area contributed by atoms with Crippen molar-refractivity contribution in [3.05, 3.63) is 12.2 Å². The molecule has 0 atom stereocenters. The van der Waals surface area contributed by atoms with Crippen LogP contribution in [0, 0.1) is 0 Å². The second kappa shape index (κ2) is 33.2. The maximum absolute atomic E-state index is 10.5. The van der Waals surface area contributed by atoms with Gasteiger partial charge in [0.1, 0.15) is 0 Å². The molecule has 3 heteroatoms. The molecule has 0 saturated carbocycles. The first-order valence-electron chi connectivity index (χ1n) is 16.7. The average Bonchev–Trinajstić information content (AvgIpc) is 2.89. The molecule has 2 N–H and O–H groups in total. The first-order chi connectivity index (χ1) is 18.3. The Kier molecular flexibility index (Phi) is 32.5. The zero-order valence-electron chi connectivity index (χ0n) is 24.9. The van der Waals surface area contributed by atoms with Crippen molar-refractivity contribution in [1.29, 1.82) is 0 Å². The van der Waals surface area contributed by atoms with Gasteiger partial charge in [0.25, 0.3) is 0 Å². The quantitative estimate of drug-likeness (QED) is 0.0682. The Bertz CT molecular complexity index is 460. The third-order valence-corrected chi connectivity index (χ3v) is 7.71. The summed E-state index contributed by atoms with van der Waals surface area (Å²) < 4.78 is 0. The van der Waals surface area contributed by atoms with Gasteiger partial charge in [0.05, 0.1) is 0 Å². The summed E-state index contributed by atoms with van der Waals surface area (Å²) in [5, 5.41) is 17.4. The Morgan fingerprint density at radius 2 is 0.622 bits per heavy atom. The number of hydrogen-bond donors (Lipinski definition) is 2. The minimum Gasteiger partial charge on any atom is -0.481 e. The van der Waals surface area contributed by atoms with Crippen LogP contribution >= 0.6 is 0 Å². The fraction of sp³-hybridized carbons (Fsp3) is 0.912. The van der Waals surface area contributed by atoms with Crippen LogP contribution in [0.15, 0.2) is 12.2 Å². The van der Waals surface area contributed by atoms with E-state index in [1.165, 1.54) is 167 Å². The average molecular weight is 523 g/mol. The molecule has 0 heterocycles. The Labute approximate surface area is 232 Å². The molecule has 0 aliphatic heterocycles. The summed E-state index contributed by atoms with van der Waals surface area (Å²) in [7, 11) is 0. The number of aliphatic carboxylic acids is 1. The molecule has 0 aromatic rings. The molecule has 0 aliphatic rings. The van der Waals surface area contributed by atoms with Crippen LogP contribution in [0.4, 0.5) is 0 Å². The lowest BCUT2D eigenvalue weighted by molar-refractivity contribution is -0.137. The number of unbranched alkanes of at least 4 members (excludes halogenated alkanes) is 27. The van der Waals surface area contributed by atoms with Crippen molar-refractivity contribution in [3.63, 3.8) is 0 Å². The minimum absolute atomic E-state index is 0.342. The number of aliphatic hydroxyl groups is 1. The van der Waals surface area contributed by atoms with Gasteiger partial charge in [-0.05, 0) is 38.5 Å². The van der Waals surface area contributed by atoms with Crippen molar-refractivity contribution in [3.8, 4) is 0 Å². The number of hydrogen-bond acceptors (Lipinski definition) is 2. The molecule has 220 valence electrons.